The summed E-state index contributed by atoms with van der Waals surface area (Å²) >= 11 is 1.57. The second kappa shape index (κ2) is 8.68. The number of pyridine rings is 1. The van der Waals surface area contributed by atoms with Gasteiger partial charge in [0.1, 0.15) is 5.69 Å². The lowest BCUT2D eigenvalue weighted by molar-refractivity contribution is 0.102. The van der Waals surface area contributed by atoms with E-state index in [2.05, 4.69) is 32.1 Å². The number of nitrogens with zero attached hydrogens (tertiary/aromatic N) is 5. The number of thiazole rings is 1. The van der Waals surface area contributed by atoms with Crippen LogP contribution in [0.1, 0.15) is 34.3 Å². The molecule has 3 aromatic heterocycles. The Labute approximate surface area is 184 Å². The third-order valence-electron chi connectivity index (χ3n) is 5.63. The van der Waals surface area contributed by atoms with Crippen LogP contribution in [0.5, 0.6) is 0 Å². The van der Waals surface area contributed by atoms with Crippen molar-refractivity contribution in [3.8, 4) is 11.4 Å². The van der Waals surface area contributed by atoms with E-state index >= 15 is 0 Å². The van der Waals surface area contributed by atoms with E-state index in [1.165, 1.54) is 4.88 Å². The number of nitrogens with one attached hydrogen (secondary N) is 1. The number of hydrogen-bond acceptors (Lipinski definition) is 8. The van der Waals surface area contributed by atoms with Crippen LogP contribution in [0.4, 0.5) is 11.1 Å². The van der Waals surface area contributed by atoms with Gasteiger partial charge < -0.3 is 9.64 Å². The number of carbonyl (C=O) groups is 1. The van der Waals surface area contributed by atoms with Gasteiger partial charge in [-0.3, -0.25) is 15.1 Å². The van der Waals surface area contributed by atoms with Crippen molar-refractivity contribution in [1.29, 1.82) is 0 Å². The van der Waals surface area contributed by atoms with Crippen molar-refractivity contribution in [2.45, 2.75) is 26.2 Å². The molecule has 1 amide bonds. The fourth-order valence-electron chi connectivity index (χ4n) is 3.91. The first-order valence-electron chi connectivity index (χ1n) is 10.6. The number of morpholine rings is 1. The maximum atomic E-state index is 13.2. The number of hydrogen-bond donors (Lipinski definition) is 1. The average molecular weight is 437 g/mol. The highest BCUT2D eigenvalue weighted by Gasteiger charge is 2.24. The maximum Gasteiger partial charge on any atom is 0.261 e. The van der Waals surface area contributed by atoms with Crippen molar-refractivity contribution in [3.63, 3.8) is 0 Å². The molecule has 1 atom stereocenters. The van der Waals surface area contributed by atoms with Gasteiger partial charge in [-0.1, -0.05) is 13.0 Å². The molecule has 3 aromatic rings. The van der Waals surface area contributed by atoms with Crippen LogP contribution >= 0.6 is 11.3 Å². The quantitative estimate of drug-likeness (QED) is 0.671. The van der Waals surface area contributed by atoms with E-state index in [9.17, 15) is 4.79 Å². The number of ether oxygens (including phenoxy) is 1. The first-order chi connectivity index (χ1) is 15.2. The zero-order chi connectivity index (χ0) is 21.2. The van der Waals surface area contributed by atoms with Crippen LogP contribution in [0.2, 0.25) is 0 Å². The lowest BCUT2D eigenvalue weighted by atomic mass is 9.93. The summed E-state index contributed by atoms with van der Waals surface area (Å²) in [5, 5.41) is 3.60. The van der Waals surface area contributed by atoms with Gasteiger partial charge in [0.2, 0.25) is 5.95 Å². The number of aromatic nitrogens is 4. The minimum absolute atomic E-state index is 0.270. The Morgan fingerprint density at radius 1 is 1.23 bits per heavy atom. The molecule has 2 aliphatic rings. The number of carbonyl (C=O) groups excluding carboxylic acids is 1. The maximum absolute atomic E-state index is 13.2. The molecule has 0 radical (unpaired) electrons. The zero-order valence-corrected chi connectivity index (χ0v) is 18.2. The van der Waals surface area contributed by atoms with Gasteiger partial charge in [0.15, 0.2) is 5.13 Å². The summed E-state index contributed by atoms with van der Waals surface area (Å²) in [6.07, 6.45) is 6.43. The van der Waals surface area contributed by atoms with Crippen molar-refractivity contribution in [3.05, 3.63) is 46.7 Å². The summed E-state index contributed by atoms with van der Waals surface area (Å²) < 4.78 is 5.43. The molecule has 0 bridgehead atoms. The standard InChI is InChI=1S/C22H24N6O2S/c1-14-5-6-16-18(12-14)31-22(25-16)27-20(29)15-13-24-21(28-8-10-30-11-9-28)26-19(15)17-4-2-3-7-23-17/h2-4,7,13-14H,5-6,8-12H2,1H3,(H,25,27,29). The smallest absolute Gasteiger partial charge is 0.261 e. The molecule has 1 aliphatic heterocycles. The molecule has 4 heterocycles. The lowest BCUT2D eigenvalue weighted by Crippen LogP contribution is -2.37. The number of anilines is 2. The monoisotopic (exact) mass is 436 g/mol. The predicted octanol–water partition coefficient (Wildman–Crippen LogP) is 3.21. The highest BCUT2D eigenvalue weighted by atomic mass is 32.1. The molecule has 1 unspecified atom stereocenters. The van der Waals surface area contributed by atoms with E-state index in [0.29, 0.717) is 47.2 Å². The largest absolute Gasteiger partial charge is 0.378 e. The van der Waals surface area contributed by atoms with Crippen molar-refractivity contribution >= 4 is 28.3 Å². The van der Waals surface area contributed by atoms with E-state index in [-0.39, 0.29) is 5.91 Å². The molecule has 9 heteroatoms. The average Bonchev–Trinajstić information content (AvgIpc) is 3.21. The summed E-state index contributed by atoms with van der Waals surface area (Å²) in [6.45, 7) is 4.97. The van der Waals surface area contributed by atoms with E-state index in [1.807, 2.05) is 18.2 Å². The first-order valence-corrected chi connectivity index (χ1v) is 11.4. The zero-order valence-electron chi connectivity index (χ0n) is 17.4. The fourth-order valence-corrected chi connectivity index (χ4v) is 5.08. The first kappa shape index (κ1) is 20.0. The molecule has 1 aliphatic carbocycles. The Morgan fingerprint density at radius 2 is 2.10 bits per heavy atom. The van der Waals surface area contributed by atoms with Gasteiger partial charge in [-0.2, -0.15) is 0 Å². The van der Waals surface area contributed by atoms with Crippen molar-refractivity contribution < 1.29 is 9.53 Å². The van der Waals surface area contributed by atoms with Crippen LogP contribution in [-0.4, -0.2) is 52.1 Å². The second-order valence-corrected chi connectivity index (χ2v) is 9.02. The SMILES string of the molecule is CC1CCc2nc(NC(=O)c3cnc(N4CCOCC4)nc3-c3ccccn3)sc2C1. The molecule has 160 valence electrons. The Balaban J connectivity index is 1.45. The molecule has 0 aromatic carbocycles. The topological polar surface area (TPSA) is 93.1 Å². The van der Waals surface area contributed by atoms with Crippen molar-refractivity contribution in [2.75, 3.05) is 36.5 Å². The van der Waals surface area contributed by atoms with Crippen LogP contribution in [-0.2, 0) is 17.6 Å². The summed E-state index contributed by atoms with van der Waals surface area (Å²) in [4.78, 5) is 34.8. The summed E-state index contributed by atoms with van der Waals surface area (Å²) in [5.74, 6) is 0.973. The molecular formula is C22H24N6O2S. The number of fused-ring (bicyclic) bond motifs is 1. The molecule has 0 spiro atoms. The second-order valence-electron chi connectivity index (χ2n) is 7.94. The van der Waals surface area contributed by atoms with Gasteiger partial charge in [0.25, 0.3) is 5.91 Å². The molecule has 31 heavy (non-hydrogen) atoms. The molecule has 8 nitrogen and oxygen atoms in total. The van der Waals surface area contributed by atoms with Crippen LogP contribution in [0.3, 0.4) is 0 Å². The Kier molecular flexibility index (Phi) is 5.61. The van der Waals surface area contributed by atoms with Gasteiger partial charge in [-0.05, 0) is 37.3 Å². The summed E-state index contributed by atoms with van der Waals surface area (Å²) in [6, 6.07) is 5.58. The Bertz CT molecular complexity index is 1080. The van der Waals surface area contributed by atoms with E-state index in [1.54, 1.807) is 23.7 Å². The molecular weight excluding hydrogens is 412 g/mol. The summed E-state index contributed by atoms with van der Waals surface area (Å²) in [7, 11) is 0. The Hall–Kier alpha value is -2.91. The van der Waals surface area contributed by atoms with Crippen LogP contribution in [0, 0.1) is 5.92 Å². The van der Waals surface area contributed by atoms with Gasteiger partial charge in [0, 0.05) is 30.4 Å². The lowest BCUT2D eigenvalue weighted by Gasteiger charge is -2.27. The molecule has 1 saturated heterocycles. The highest BCUT2D eigenvalue weighted by molar-refractivity contribution is 7.15. The number of aryl methyl sites for hydroxylation is 1. The van der Waals surface area contributed by atoms with Crippen LogP contribution in [0.15, 0.2) is 30.6 Å². The van der Waals surface area contributed by atoms with E-state index in [0.717, 1.165) is 38.0 Å². The minimum atomic E-state index is -0.270. The molecule has 1 N–H and O–H groups in total. The summed E-state index contributed by atoms with van der Waals surface area (Å²) in [5.41, 5.74) is 2.65. The molecule has 0 saturated carbocycles. The van der Waals surface area contributed by atoms with Gasteiger partial charge in [-0.25, -0.2) is 15.0 Å². The predicted molar refractivity (Wildman–Crippen MR) is 120 cm³/mol. The normalized spacial score (nSPS) is 18.5. The number of amides is 1. The van der Waals surface area contributed by atoms with E-state index < -0.39 is 0 Å². The fraction of sp³-hybridized carbons (Fsp3) is 0.409. The van der Waals surface area contributed by atoms with Crippen molar-refractivity contribution in [1.82, 2.24) is 19.9 Å². The van der Waals surface area contributed by atoms with E-state index in [4.69, 9.17) is 9.72 Å². The highest BCUT2D eigenvalue weighted by Crippen LogP contribution is 2.32. The van der Waals surface area contributed by atoms with Crippen LogP contribution < -0.4 is 10.2 Å². The Morgan fingerprint density at radius 3 is 2.90 bits per heavy atom. The molecule has 1 fully saturated rings. The minimum Gasteiger partial charge on any atom is -0.378 e. The van der Waals surface area contributed by atoms with Crippen LogP contribution in [0.25, 0.3) is 11.4 Å². The number of rotatable bonds is 4. The van der Waals surface area contributed by atoms with Gasteiger partial charge in [0.05, 0.1) is 30.2 Å². The van der Waals surface area contributed by atoms with Crippen molar-refractivity contribution in [2.24, 2.45) is 5.92 Å². The van der Waals surface area contributed by atoms with Gasteiger partial charge >= 0.3 is 0 Å². The van der Waals surface area contributed by atoms with Gasteiger partial charge in [-0.15, -0.1) is 11.3 Å². The third-order valence-corrected chi connectivity index (χ3v) is 6.66. The third kappa shape index (κ3) is 4.28. The molecule has 5 rings (SSSR count).